The van der Waals surface area contributed by atoms with Crippen molar-refractivity contribution in [2.24, 2.45) is 5.73 Å². The molecule has 0 aromatic heterocycles. The van der Waals surface area contributed by atoms with E-state index in [-0.39, 0.29) is 11.9 Å². The van der Waals surface area contributed by atoms with Gasteiger partial charge in [-0.05, 0) is 55.3 Å². The fourth-order valence-corrected chi connectivity index (χ4v) is 2.78. The van der Waals surface area contributed by atoms with Crippen molar-refractivity contribution in [3.63, 3.8) is 0 Å². The Balaban J connectivity index is 2.30. The van der Waals surface area contributed by atoms with Crippen molar-refractivity contribution in [1.82, 2.24) is 0 Å². The Morgan fingerprint density at radius 3 is 2.45 bits per heavy atom. The highest BCUT2D eigenvalue weighted by Crippen LogP contribution is 2.32. The van der Waals surface area contributed by atoms with Crippen molar-refractivity contribution >= 4 is 11.8 Å². The molecule has 0 heterocycles. The normalized spacial score (nSPS) is 12.4. The van der Waals surface area contributed by atoms with Crippen LogP contribution in [-0.4, -0.2) is 6.04 Å². The molecule has 0 fully saturated rings. The van der Waals surface area contributed by atoms with E-state index >= 15 is 0 Å². The zero-order chi connectivity index (χ0) is 14.7. The lowest BCUT2D eigenvalue weighted by molar-refractivity contribution is 0.506. The molecule has 106 valence electrons. The van der Waals surface area contributed by atoms with Gasteiger partial charge in [0.15, 0.2) is 11.6 Å². The summed E-state index contributed by atoms with van der Waals surface area (Å²) >= 11 is 1.26. The van der Waals surface area contributed by atoms with Gasteiger partial charge in [0.2, 0.25) is 0 Å². The zero-order valence-corrected chi connectivity index (χ0v) is 11.7. The average molecular weight is 297 g/mol. The third-order valence-corrected chi connectivity index (χ3v) is 3.79. The number of rotatable bonds is 4. The molecule has 1 nitrogen and oxygen atoms in total. The second kappa shape index (κ2) is 6.33. The Labute approximate surface area is 120 Å². The first kappa shape index (κ1) is 14.9. The highest BCUT2D eigenvalue weighted by Gasteiger charge is 2.10. The van der Waals surface area contributed by atoms with Crippen LogP contribution in [0.25, 0.3) is 0 Å². The van der Waals surface area contributed by atoms with Crippen LogP contribution in [0.15, 0.2) is 46.2 Å². The van der Waals surface area contributed by atoms with E-state index in [0.29, 0.717) is 11.3 Å². The zero-order valence-electron chi connectivity index (χ0n) is 10.9. The Bertz CT molecular complexity index is 614. The molecule has 2 aromatic carbocycles. The van der Waals surface area contributed by atoms with Crippen LogP contribution >= 0.6 is 11.8 Å². The molecule has 20 heavy (non-hydrogen) atoms. The summed E-state index contributed by atoms with van der Waals surface area (Å²) in [6.45, 7) is 1.83. The third-order valence-electron chi connectivity index (χ3n) is 2.68. The summed E-state index contributed by atoms with van der Waals surface area (Å²) in [5, 5.41) is 0. The highest BCUT2D eigenvalue weighted by atomic mass is 32.2. The molecule has 2 aromatic rings. The third kappa shape index (κ3) is 3.77. The molecule has 0 aliphatic rings. The van der Waals surface area contributed by atoms with Gasteiger partial charge in [-0.2, -0.15) is 0 Å². The molecule has 0 amide bonds. The van der Waals surface area contributed by atoms with Crippen LogP contribution in [0.3, 0.4) is 0 Å². The lowest BCUT2D eigenvalue weighted by Crippen LogP contribution is -2.18. The number of benzene rings is 2. The summed E-state index contributed by atoms with van der Waals surface area (Å²) in [6, 6.07) is 7.96. The van der Waals surface area contributed by atoms with E-state index in [1.807, 2.05) is 6.92 Å². The second-order valence-corrected chi connectivity index (χ2v) is 5.73. The van der Waals surface area contributed by atoms with Crippen LogP contribution in [-0.2, 0) is 6.42 Å². The molecule has 5 heteroatoms. The quantitative estimate of drug-likeness (QED) is 0.917. The van der Waals surface area contributed by atoms with Crippen LogP contribution in [0.5, 0.6) is 0 Å². The van der Waals surface area contributed by atoms with Crippen molar-refractivity contribution in [3.8, 4) is 0 Å². The monoisotopic (exact) mass is 297 g/mol. The van der Waals surface area contributed by atoms with Crippen LogP contribution in [0.4, 0.5) is 13.2 Å². The molecule has 0 spiro atoms. The van der Waals surface area contributed by atoms with Crippen LogP contribution in [0.2, 0.25) is 0 Å². The molecule has 0 saturated heterocycles. The highest BCUT2D eigenvalue weighted by molar-refractivity contribution is 7.99. The minimum atomic E-state index is -0.897. The van der Waals surface area contributed by atoms with Gasteiger partial charge < -0.3 is 5.73 Å². The van der Waals surface area contributed by atoms with Gasteiger partial charge in [0.1, 0.15) is 5.82 Å². The van der Waals surface area contributed by atoms with Crippen molar-refractivity contribution in [1.29, 1.82) is 0 Å². The van der Waals surface area contributed by atoms with Gasteiger partial charge in [0.05, 0.1) is 0 Å². The van der Waals surface area contributed by atoms with Gasteiger partial charge in [0.25, 0.3) is 0 Å². The van der Waals surface area contributed by atoms with Crippen LogP contribution in [0.1, 0.15) is 12.5 Å². The van der Waals surface area contributed by atoms with E-state index in [2.05, 4.69) is 0 Å². The SMILES string of the molecule is CC(N)Cc1cc(F)ccc1Sc1ccc(F)c(F)c1. The van der Waals surface area contributed by atoms with E-state index in [0.717, 1.165) is 22.6 Å². The largest absolute Gasteiger partial charge is 0.328 e. The maximum atomic E-state index is 13.3. The minimum absolute atomic E-state index is 0.110. The van der Waals surface area contributed by atoms with E-state index in [1.54, 1.807) is 6.07 Å². The van der Waals surface area contributed by atoms with Crippen molar-refractivity contribution in [3.05, 3.63) is 59.4 Å². The van der Waals surface area contributed by atoms with Crippen molar-refractivity contribution in [2.75, 3.05) is 0 Å². The summed E-state index contributed by atoms with van der Waals surface area (Å²) in [7, 11) is 0. The fourth-order valence-electron chi connectivity index (χ4n) is 1.82. The van der Waals surface area contributed by atoms with Gasteiger partial charge >= 0.3 is 0 Å². The molecule has 1 unspecified atom stereocenters. The van der Waals surface area contributed by atoms with Gasteiger partial charge in [-0.15, -0.1) is 0 Å². The molecule has 1 atom stereocenters. The summed E-state index contributed by atoms with van der Waals surface area (Å²) in [5.41, 5.74) is 6.50. The summed E-state index contributed by atoms with van der Waals surface area (Å²) in [5.74, 6) is -2.12. The van der Waals surface area contributed by atoms with Gasteiger partial charge in [0, 0.05) is 15.8 Å². The average Bonchev–Trinajstić information content (AvgIpc) is 2.36. The number of hydrogen-bond donors (Lipinski definition) is 1. The molecule has 0 bridgehead atoms. The number of halogens is 3. The standard InChI is InChI=1S/C15H14F3NS/c1-9(19)6-10-7-11(16)2-5-15(10)20-12-3-4-13(17)14(18)8-12/h2-5,7-9H,6,19H2,1H3. The predicted octanol–water partition coefficient (Wildman–Crippen LogP) is 4.14. The Morgan fingerprint density at radius 2 is 1.80 bits per heavy atom. The first-order valence-corrected chi connectivity index (χ1v) is 6.94. The summed E-state index contributed by atoms with van der Waals surface area (Å²) in [4.78, 5) is 1.34. The Morgan fingerprint density at radius 1 is 1.05 bits per heavy atom. The molecular weight excluding hydrogens is 283 g/mol. The second-order valence-electron chi connectivity index (χ2n) is 4.61. The van der Waals surface area contributed by atoms with E-state index in [1.165, 1.54) is 30.0 Å². The molecule has 2 N–H and O–H groups in total. The first-order chi connectivity index (χ1) is 9.45. The molecule has 0 aliphatic carbocycles. The van der Waals surface area contributed by atoms with Gasteiger partial charge in [-0.1, -0.05) is 11.8 Å². The summed E-state index contributed by atoms with van der Waals surface area (Å²) in [6.07, 6.45) is 0.518. The molecule has 0 aliphatic heterocycles. The van der Waals surface area contributed by atoms with E-state index in [9.17, 15) is 13.2 Å². The van der Waals surface area contributed by atoms with Gasteiger partial charge in [-0.3, -0.25) is 0 Å². The Kier molecular flexibility index (Phi) is 4.73. The molecular formula is C15H14F3NS. The predicted molar refractivity (Wildman–Crippen MR) is 74.2 cm³/mol. The summed E-state index contributed by atoms with van der Waals surface area (Å²) < 4.78 is 39.4. The van der Waals surface area contributed by atoms with Crippen molar-refractivity contribution in [2.45, 2.75) is 29.2 Å². The topological polar surface area (TPSA) is 26.0 Å². The van der Waals surface area contributed by atoms with Crippen LogP contribution in [0, 0.1) is 17.5 Å². The van der Waals surface area contributed by atoms with Crippen LogP contribution < -0.4 is 5.73 Å². The lowest BCUT2D eigenvalue weighted by Gasteiger charge is -2.11. The number of hydrogen-bond acceptors (Lipinski definition) is 2. The maximum Gasteiger partial charge on any atom is 0.159 e. The molecule has 2 rings (SSSR count). The fraction of sp³-hybridized carbons (Fsp3) is 0.200. The Hall–Kier alpha value is -1.46. The maximum absolute atomic E-state index is 13.3. The van der Waals surface area contributed by atoms with E-state index < -0.39 is 11.6 Å². The van der Waals surface area contributed by atoms with Gasteiger partial charge in [-0.25, -0.2) is 13.2 Å². The van der Waals surface area contributed by atoms with Crippen molar-refractivity contribution < 1.29 is 13.2 Å². The number of nitrogens with two attached hydrogens (primary N) is 1. The minimum Gasteiger partial charge on any atom is -0.328 e. The molecule has 0 saturated carbocycles. The molecule has 0 radical (unpaired) electrons. The lowest BCUT2D eigenvalue weighted by atomic mass is 10.1. The smallest absolute Gasteiger partial charge is 0.159 e. The first-order valence-electron chi connectivity index (χ1n) is 6.12. The van der Waals surface area contributed by atoms with E-state index in [4.69, 9.17) is 5.73 Å².